The molecule has 0 saturated heterocycles. The Morgan fingerprint density at radius 1 is 1.43 bits per heavy atom. The molecule has 2 N–H and O–H groups in total. The van der Waals surface area contributed by atoms with Crippen LogP contribution in [0.15, 0.2) is 17.5 Å². The number of thiophene rings is 1. The van der Waals surface area contributed by atoms with Crippen LogP contribution in [0, 0.1) is 0 Å². The van der Waals surface area contributed by atoms with Crippen molar-refractivity contribution in [2.45, 2.75) is 45.4 Å². The standard InChI is InChI=1S/C11H19NOS/c1-8(12-11(2,3)4)10(13)9-6-5-7-14-9/h5-8,10,12-13H,1-4H3. The van der Waals surface area contributed by atoms with Crippen LogP contribution in [0.4, 0.5) is 0 Å². The zero-order chi connectivity index (χ0) is 10.8. The van der Waals surface area contributed by atoms with Gasteiger partial charge in [-0.1, -0.05) is 6.07 Å². The third kappa shape index (κ3) is 3.40. The molecule has 0 spiro atoms. The molecule has 1 heterocycles. The van der Waals surface area contributed by atoms with Gasteiger partial charge in [-0.2, -0.15) is 0 Å². The van der Waals surface area contributed by atoms with Gasteiger partial charge in [0.1, 0.15) is 6.10 Å². The van der Waals surface area contributed by atoms with Gasteiger partial charge in [-0.05, 0) is 39.1 Å². The van der Waals surface area contributed by atoms with Crippen LogP contribution in [-0.4, -0.2) is 16.7 Å². The first-order chi connectivity index (χ1) is 6.40. The first-order valence-corrected chi connectivity index (χ1v) is 5.77. The summed E-state index contributed by atoms with van der Waals surface area (Å²) in [5.41, 5.74) is 0.0393. The van der Waals surface area contributed by atoms with Gasteiger partial charge >= 0.3 is 0 Å². The van der Waals surface area contributed by atoms with E-state index in [0.29, 0.717) is 0 Å². The van der Waals surface area contributed by atoms with E-state index in [1.807, 2.05) is 24.4 Å². The largest absolute Gasteiger partial charge is 0.386 e. The summed E-state index contributed by atoms with van der Waals surface area (Å²) in [7, 11) is 0. The van der Waals surface area contributed by atoms with E-state index in [0.717, 1.165) is 4.88 Å². The Labute approximate surface area is 90.0 Å². The summed E-state index contributed by atoms with van der Waals surface area (Å²) in [5.74, 6) is 0. The van der Waals surface area contributed by atoms with E-state index in [-0.39, 0.29) is 11.6 Å². The first kappa shape index (κ1) is 11.7. The van der Waals surface area contributed by atoms with Crippen molar-refractivity contribution in [1.29, 1.82) is 0 Å². The molecule has 0 aliphatic carbocycles. The normalized spacial score (nSPS) is 16.6. The van der Waals surface area contributed by atoms with Crippen molar-refractivity contribution in [3.63, 3.8) is 0 Å². The molecule has 2 unspecified atom stereocenters. The Hall–Kier alpha value is -0.380. The van der Waals surface area contributed by atoms with Crippen molar-refractivity contribution in [2.24, 2.45) is 0 Å². The van der Waals surface area contributed by atoms with Crippen molar-refractivity contribution in [3.8, 4) is 0 Å². The molecule has 0 aromatic carbocycles. The van der Waals surface area contributed by atoms with Crippen LogP contribution in [-0.2, 0) is 0 Å². The van der Waals surface area contributed by atoms with Gasteiger partial charge in [0.05, 0.1) is 0 Å². The molecule has 0 radical (unpaired) electrons. The minimum Gasteiger partial charge on any atom is -0.386 e. The fourth-order valence-corrected chi connectivity index (χ4v) is 2.28. The molecule has 0 aliphatic heterocycles. The molecule has 0 amide bonds. The number of aliphatic hydroxyl groups excluding tert-OH is 1. The van der Waals surface area contributed by atoms with E-state index in [1.165, 1.54) is 0 Å². The number of hydrogen-bond acceptors (Lipinski definition) is 3. The maximum Gasteiger partial charge on any atom is 0.103 e. The highest BCUT2D eigenvalue weighted by Gasteiger charge is 2.21. The average molecular weight is 213 g/mol. The molecule has 0 saturated carbocycles. The lowest BCUT2D eigenvalue weighted by Gasteiger charge is -2.28. The van der Waals surface area contributed by atoms with Crippen molar-refractivity contribution in [1.82, 2.24) is 5.32 Å². The van der Waals surface area contributed by atoms with E-state index < -0.39 is 6.10 Å². The minimum atomic E-state index is -0.408. The molecule has 3 heteroatoms. The van der Waals surface area contributed by atoms with Gasteiger partial charge in [-0.15, -0.1) is 11.3 Å². The Bertz CT molecular complexity index is 263. The fourth-order valence-electron chi connectivity index (χ4n) is 1.47. The van der Waals surface area contributed by atoms with Crippen LogP contribution in [0.1, 0.15) is 38.7 Å². The molecular weight excluding hydrogens is 194 g/mol. The van der Waals surface area contributed by atoms with Gasteiger partial charge in [0.25, 0.3) is 0 Å². The molecule has 1 rings (SSSR count). The summed E-state index contributed by atoms with van der Waals surface area (Å²) in [6, 6.07) is 4.01. The zero-order valence-corrected chi connectivity index (χ0v) is 10.1. The van der Waals surface area contributed by atoms with Crippen molar-refractivity contribution in [2.75, 3.05) is 0 Å². The smallest absolute Gasteiger partial charge is 0.103 e. The van der Waals surface area contributed by atoms with Gasteiger partial charge in [0.2, 0.25) is 0 Å². The number of nitrogens with one attached hydrogen (secondary N) is 1. The second kappa shape index (κ2) is 4.43. The summed E-state index contributed by atoms with van der Waals surface area (Å²) >= 11 is 1.60. The van der Waals surface area contributed by atoms with Gasteiger partial charge in [-0.3, -0.25) is 0 Å². The van der Waals surface area contributed by atoms with Crippen molar-refractivity contribution in [3.05, 3.63) is 22.4 Å². The van der Waals surface area contributed by atoms with E-state index in [9.17, 15) is 5.11 Å². The predicted molar refractivity (Wildman–Crippen MR) is 61.6 cm³/mol. The lowest BCUT2D eigenvalue weighted by Crippen LogP contribution is -2.44. The maximum absolute atomic E-state index is 9.99. The van der Waals surface area contributed by atoms with Crippen LogP contribution in [0.5, 0.6) is 0 Å². The van der Waals surface area contributed by atoms with Crippen LogP contribution < -0.4 is 5.32 Å². The molecule has 0 aliphatic rings. The average Bonchev–Trinajstić information content (AvgIpc) is 2.51. The van der Waals surface area contributed by atoms with Gasteiger partial charge in [-0.25, -0.2) is 0 Å². The van der Waals surface area contributed by atoms with E-state index in [1.54, 1.807) is 11.3 Å². The van der Waals surface area contributed by atoms with E-state index in [4.69, 9.17) is 0 Å². The van der Waals surface area contributed by atoms with Crippen LogP contribution in [0.2, 0.25) is 0 Å². The Balaban J connectivity index is 2.57. The monoisotopic (exact) mass is 213 g/mol. The van der Waals surface area contributed by atoms with Gasteiger partial charge < -0.3 is 10.4 Å². The molecule has 1 aromatic rings. The topological polar surface area (TPSA) is 32.3 Å². The van der Waals surface area contributed by atoms with Crippen molar-refractivity contribution >= 4 is 11.3 Å². The summed E-state index contributed by atoms with van der Waals surface area (Å²) in [6.45, 7) is 8.32. The Morgan fingerprint density at radius 3 is 2.50 bits per heavy atom. The van der Waals surface area contributed by atoms with Crippen LogP contribution in [0.3, 0.4) is 0 Å². The minimum absolute atomic E-state index is 0.0393. The predicted octanol–water partition coefficient (Wildman–Crippen LogP) is 2.56. The number of rotatable bonds is 3. The van der Waals surface area contributed by atoms with E-state index in [2.05, 4.69) is 26.1 Å². The summed E-state index contributed by atoms with van der Waals surface area (Å²) < 4.78 is 0. The Kier molecular flexibility index (Phi) is 3.70. The highest BCUT2D eigenvalue weighted by atomic mass is 32.1. The zero-order valence-electron chi connectivity index (χ0n) is 9.24. The quantitative estimate of drug-likeness (QED) is 0.809. The molecule has 14 heavy (non-hydrogen) atoms. The molecule has 2 atom stereocenters. The highest BCUT2D eigenvalue weighted by molar-refractivity contribution is 7.10. The molecule has 1 aromatic heterocycles. The van der Waals surface area contributed by atoms with E-state index >= 15 is 0 Å². The lowest BCUT2D eigenvalue weighted by molar-refractivity contribution is 0.124. The maximum atomic E-state index is 9.99. The summed E-state index contributed by atoms with van der Waals surface area (Å²) in [6.07, 6.45) is -0.408. The lowest BCUT2D eigenvalue weighted by atomic mass is 10.0. The SMILES string of the molecule is CC(NC(C)(C)C)C(O)c1cccs1. The van der Waals surface area contributed by atoms with Crippen LogP contribution in [0.25, 0.3) is 0 Å². The number of aliphatic hydroxyl groups is 1. The van der Waals surface area contributed by atoms with Gasteiger partial charge in [0.15, 0.2) is 0 Å². The third-order valence-electron chi connectivity index (χ3n) is 1.97. The Morgan fingerprint density at radius 2 is 2.07 bits per heavy atom. The molecule has 0 fully saturated rings. The van der Waals surface area contributed by atoms with Gasteiger partial charge in [0, 0.05) is 16.5 Å². The second-order valence-electron chi connectivity index (χ2n) is 4.64. The second-order valence-corrected chi connectivity index (χ2v) is 5.62. The molecule has 2 nitrogen and oxygen atoms in total. The first-order valence-electron chi connectivity index (χ1n) is 4.89. The fraction of sp³-hybridized carbons (Fsp3) is 0.636. The highest BCUT2D eigenvalue weighted by Crippen LogP contribution is 2.22. The molecular formula is C11H19NOS. The molecule has 0 bridgehead atoms. The van der Waals surface area contributed by atoms with Crippen molar-refractivity contribution < 1.29 is 5.11 Å². The van der Waals surface area contributed by atoms with Crippen LogP contribution >= 0.6 is 11.3 Å². The summed E-state index contributed by atoms with van der Waals surface area (Å²) in [5, 5.41) is 15.3. The molecule has 80 valence electrons. The third-order valence-corrected chi connectivity index (χ3v) is 2.91. The summed E-state index contributed by atoms with van der Waals surface area (Å²) in [4.78, 5) is 1.02. The number of hydrogen-bond donors (Lipinski definition) is 2.